The van der Waals surface area contributed by atoms with Crippen LogP contribution in [0.25, 0.3) is 0 Å². The van der Waals surface area contributed by atoms with Gasteiger partial charge in [-0.3, -0.25) is 4.79 Å². The summed E-state index contributed by atoms with van der Waals surface area (Å²) >= 11 is 7.63. The van der Waals surface area contributed by atoms with Crippen molar-refractivity contribution in [2.75, 3.05) is 13.7 Å². The number of amidine groups is 1. The van der Waals surface area contributed by atoms with Gasteiger partial charge in [-0.05, 0) is 42.9 Å². The van der Waals surface area contributed by atoms with Crippen LogP contribution in [0.4, 0.5) is 0 Å². The van der Waals surface area contributed by atoms with Gasteiger partial charge in [0.05, 0.1) is 29.6 Å². The molecule has 1 aromatic rings. The number of allylic oxidation sites excluding steroid dienone is 1. The molecule has 4 atom stereocenters. The third-order valence-electron chi connectivity index (χ3n) is 5.32. The Hall–Kier alpha value is -1.99. The number of hydrogen-bond donors (Lipinski definition) is 1. The zero-order valence-electron chi connectivity index (χ0n) is 15.4. The van der Waals surface area contributed by atoms with E-state index in [1.807, 2.05) is 0 Å². The Morgan fingerprint density at radius 1 is 1.36 bits per heavy atom. The first-order valence-electron chi connectivity index (χ1n) is 9.28. The fourth-order valence-electron chi connectivity index (χ4n) is 3.88. The molecule has 1 N–H and O–H groups in total. The van der Waals surface area contributed by atoms with Crippen LogP contribution in [0.5, 0.6) is 5.75 Å². The molecule has 1 saturated carbocycles. The Bertz CT molecular complexity index is 857. The highest BCUT2D eigenvalue weighted by atomic mass is 35.5. The minimum Gasteiger partial charge on any atom is -0.492 e. The van der Waals surface area contributed by atoms with E-state index in [0.29, 0.717) is 47.2 Å². The van der Waals surface area contributed by atoms with Crippen molar-refractivity contribution in [2.45, 2.75) is 30.6 Å². The first kappa shape index (κ1) is 19.3. The van der Waals surface area contributed by atoms with Gasteiger partial charge in [0.1, 0.15) is 5.75 Å². The quantitative estimate of drug-likeness (QED) is 0.561. The van der Waals surface area contributed by atoms with Gasteiger partial charge in [0.15, 0.2) is 5.17 Å². The molecule has 0 aromatic heterocycles. The van der Waals surface area contributed by atoms with Crippen LogP contribution in [-0.2, 0) is 9.53 Å². The molecule has 0 radical (unpaired) electrons. The molecule has 0 spiro atoms. The number of carbonyl (C=O) groups is 2. The lowest BCUT2D eigenvalue weighted by Gasteiger charge is -2.20. The molecule has 1 aromatic carbocycles. The van der Waals surface area contributed by atoms with Crippen LogP contribution in [0.1, 0.15) is 29.6 Å². The van der Waals surface area contributed by atoms with E-state index in [9.17, 15) is 9.59 Å². The summed E-state index contributed by atoms with van der Waals surface area (Å²) in [6.07, 6.45) is 7.41. The number of nitrogens with zero attached hydrogens (tertiary/aromatic N) is 1. The van der Waals surface area contributed by atoms with Crippen LogP contribution in [-0.4, -0.2) is 42.1 Å². The fourth-order valence-corrected chi connectivity index (χ4v) is 5.11. The maximum absolute atomic E-state index is 12.2. The van der Waals surface area contributed by atoms with Gasteiger partial charge in [0, 0.05) is 12.5 Å². The van der Waals surface area contributed by atoms with E-state index in [2.05, 4.69) is 27.2 Å². The summed E-state index contributed by atoms with van der Waals surface area (Å²) < 4.78 is 10.4. The van der Waals surface area contributed by atoms with Crippen LogP contribution in [0.2, 0.25) is 5.02 Å². The van der Waals surface area contributed by atoms with Crippen LogP contribution in [0.3, 0.4) is 0 Å². The molecule has 1 amide bonds. The van der Waals surface area contributed by atoms with E-state index < -0.39 is 5.97 Å². The molecular formula is C20H21ClN2O4S. The molecule has 2 aliphatic carbocycles. The van der Waals surface area contributed by atoms with E-state index in [1.54, 1.807) is 12.1 Å². The van der Waals surface area contributed by atoms with Gasteiger partial charge in [-0.15, -0.1) is 0 Å². The number of methoxy groups -OCH3 is 1. The molecule has 4 rings (SSSR count). The highest BCUT2D eigenvalue weighted by molar-refractivity contribution is 8.15. The number of ether oxygens (including phenoxy) is 2. The van der Waals surface area contributed by atoms with Crippen molar-refractivity contribution >= 4 is 40.4 Å². The number of hydrogen-bond acceptors (Lipinski definition) is 6. The smallest absolute Gasteiger partial charge is 0.337 e. The maximum atomic E-state index is 12.2. The summed E-state index contributed by atoms with van der Waals surface area (Å²) in [5.41, 5.74) is 0.362. The van der Waals surface area contributed by atoms with Crippen molar-refractivity contribution in [3.05, 3.63) is 40.9 Å². The number of aliphatic imine (C=N–C) groups is 1. The molecule has 6 nitrogen and oxygen atoms in total. The van der Waals surface area contributed by atoms with E-state index in [-0.39, 0.29) is 11.2 Å². The second kappa shape index (κ2) is 8.17. The van der Waals surface area contributed by atoms with E-state index >= 15 is 0 Å². The van der Waals surface area contributed by atoms with Gasteiger partial charge in [-0.1, -0.05) is 35.5 Å². The number of thioether (sulfide) groups is 1. The van der Waals surface area contributed by atoms with E-state index in [1.165, 1.54) is 31.4 Å². The van der Waals surface area contributed by atoms with E-state index in [4.69, 9.17) is 16.3 Å². The third kappa shape index (κ3) is 4.05. The first-order valence-corrected chi connectivity index (χ1v) is 10.5. The average Bonchev–Trinajstić information content (AvgIpc) is 3.39. The number of esters is 1. The zero-order chi connectivity index (χ0) is 19.7. The number of nitrogens with one attached hydrogen (secondary N) is 1. The second-order valence-electron chi connectivity index (χ2n) is 7.17. The molecule has 1 fully saturated rings. The zero-order valence-corrected chi connectivity index (χ0v) is 17.0. The number of carbonyl (C=O) groups excluding carboxylic acids is 2. The minimum absolute atomic E-state index is 0.123. The Morgan fingerprint density at radius 3 is 2.89 bits per heavy atom. The first-order chi connectivity index (χ1) is 13.5. The summed E-state index contributed by atoms with van der Waals surface area (Å²) in [6.45, 7) is 0.334. The molecule has 2 bridgehead atoms. The van der Waals surface area contributed by atoms with E-state index in [0.717, 1.165) is 11.6 Å². The number of rotatable bonds is 6. The lowest BCUT2D eigenvalue weighted by Crippen LogP contribution is -2.35. The molecular weight excluding hydrogens is 400 g/mol. The fraction of sp³-hybridized carbons (Fsp3) is 0.450. The highest BCUT2D eigenvalue weighted by Crippen LogP contribution is 2.39. The van der Waals surface area contributed by atoms with Crippen LogP contribution in [0.15, 0.2) is 35.3 Å². The highest BCUT2D eigenvalue weighted by Gasteiger charge is 2.38. The van der Waals surface area contributed by atoms with Crippen molar-refractivity contribution in [3.63, 3.8) is 0 Å². The second-order valence-corrected chi connectivity index (χ2v) is 8.77. The number of amides is 1. The van der Waals surface area contributed by atoms with Crippen molar-refractivity contribution < 1.29 is 19.1 Å². The summed E-state index contributed by atoms with van der Waals surface area (Å²) in [7, 11) is 1.32. The number of fused-ring (bicyclic) bond motifs is 2. The molecule has 148 valence electrons. The maximum Gasteiger partial charge on any atom is 0.337 e. The summed E-state index contributed by atoms with van der Waals surface area (Å²) in [5, 5.41) is 4.25. The SMILES string of the molecule is COC(=O)c1ccc(OCCC2SC(NC3CC4C=CC3C4)=NC2=O)c(Cl)c1. The number of halogens is 1. The monoisotopic (exact) mass is 420 g/mol. The Labute approximate surface area is 172 Å². The van der Waals surface area contributed by atoms with Crippen molar-refractivity contribution in [3.8, 4) is 5.75 Å². The lowest BCUT2D eigenvalue weighted by molar-refractivity contribution is -0.117. The topological polar surface area (TPSA) is 77.0 Å². The normalized spacial score (nSPS) is 27.8. The van der Waals surface area contributed by atoms with Gasteiger partial charge < -0.3 is 14.8 Å². The largest absolute Gasteiger partial charge is 0.492 e. The molecule has 0 saturated heterocycles. The summed E-state index contributed by atoms with van der Waals surface area (Å²) in [5.74, 6) is 1.12. The standard InChI is InChI=1S/C20H21ClN2O4S/c1-26-19(25)13-4-5-16(14(21)10-13)27-7-6-17-18(24)23-20(28-17)22-15-9-11-2-3-12(15)8-11/h2-5,10-12,15,17H,6-9H2,1H3,(H,22,23,24). The van der Waals surface area contributed by atoms with Crippen molar-refractivity contribution in [1.29, 1.82) is 0 Å². The average molecular weight is 421 g/mol. The summed E-state index contributed by atoms with van der Waals surface area (Å²) in [6, 6.07) is 5.12. The summed E-state index contributed by atoms with van der Waals surface area (Å²) in [4.78, 5) is 27.9. The van der Waals surface area contributed by atoms with Gasteiger partial charge >= 0.3 is 5.97 Å². The Kier molecular flexibility index (Phi) is 5.64. The lowest BCUT2D eigenvalue weighted by atomic mass is 10.0. The molecule has 3 aliphatic rings. The molecule has 1 heterocycles. The predicted octanol–water partition coefficient (Wildman–Crippen LogP) is 3.45. The number of benzene rings is 1. The Morgan fingerprint density at radius 2 is 2.21 bits per heavy atom. The van der Waals surface area contributed by atoms with Gasteiger partial charge in [0.25, 0.3) is 5.91 Å². The van der Waals surface area contributed by atoms with Gasteiger partial charge in [-0.2, -0.15) is 4.99 Å². The molecule has 4 unspecified atom stereocenters. The molecule has 1 aliphatic heterocycles. The van der Waals surface area contributed by atoms with Gasteiger partial charge in [-0.25, -0.2) is 4.79 Å². The van der Waals surface area contributed by atoms with Crippen molar-refractivity contribution in [1.82, 2.24) is 5.32 Å². The van der Waals surface area contributed by atoms with Crippen molar-refractivity contribution in [2.24, 2.45) is 16.8 Å². The van der Waals surface area contributed by atoms with Crippen LogP contribution < -0.4 is 10.1 Å². The molecule has 8 heteroatoms. The minimum atomic E-state index is -0.454. The predicted molar refractivity (Wildman–Crippen MR) is 109 cm³/mol. The molecule has 28 heavy (non-hydrogen) atoms. The van der Waals surface area contributed by atoms with Crippen LogP contribution in [0, 0.1) is 11.8 Å². The Balaban J connectivity index is 1.25. The third-order valence-corrected chi connectivity index (χ3v) is 6.77. The van der Waals surface area contributed by atoms with Gasteiger partial charge in [0.2, 0.25) is 0 Å². The van der Waals surface area contributed by atoms with Crippen LogP contribution >= 0.6 is 23.4 Å².